The van der Waals surface area contributed by atoms with Gasteiger partial charge >= 0.3 is 0 Å². The number of nitrogens with one attached hydrogen (secondary N) is 2. The molecule has 0 radical (unpaired) electrons. The van der Waals surface area contributed by atoms with Gasteiger partial charge in [-0.2, -0.15) is 11.8 Å². The molecule has 1 aromatic carbocycles. The smallest absolute Gasteiger partial charge is 0.250 e. The van der Waals surface area contributed by atoms with Crippen LogP contribution in [0.5, 0.6) is 0 Å². The molecule has 3 heterocycles. The summed E-state index contributed by atoms with van der Waals surface area (Å²) < 4.78 is 0. The fourth-order valence-corrected chi connectivity index (χ4v) is 6.29. The minimum Gasteiger partial charge on any atom is -0.324 e. The van der Waals surface area contributed by atoms with E-state index in [-0.39, 0.29) is 29.8 Å². The molecule has 0 unspecified atom stereocenters. The number of hydrogen-bond acceptors (Lipinski definition) is 5. The number of rotatable bonds is 4. The number of carbonyl (C=O) groups excluding carboxylic acids is 3. The lowest BCUT2D eigenvalue weighted by Gasteiger charge is -2.31. The highest BCUT2D eigenvalue weighted by Gasteiger charge is 2.70. The molecule has 3 amide bonds. The lowest BCUT2D eigenvalue weighted by atomic mass is 9.76. The lowest BCUT2D eigenvalue weighted by molar-refractivity contribution is -0.145. The Morgan fingerprint density at radius 3 is 2.64 bits per heavy atom. The van der Waals surface area contributed by atoms with Crippen LogP contribution in [0.25, 0.3) is 0 Å². The molecule has 3 fully saturated rings. The van der Waals surface area contributed by atoms with Gasteiger partial charge in [0.05, 0.1) is 11.8 Å². The minimum atomic E-state index is -1.13. The number of anilines is 1. The zero-order valence-electron chi connectivity index (χ0n) is 15.9. The van der Waals surface area contributed by atoms with E-state index in [9.17, 15) is 14.4 Å². The van der Waals surface area contributed by atoms with E-state index in [1.165, 1.54) is 4.90 Å². The number of para-hydroxylation sites is 1. The number of fused-ring (bicyclic) bond motifs is 4. The zero-order chi connectivity index (χ0) is 19.5. The average Bonchev–Trinajstić information content (AvgIpc) is 3.42. The second-order valence-corrected chi connectivity index (χ2v) is 9.31. The zero-order valence-corrected chi connectivity index (χ0v) is 16.8. The molecule has 7 heteroatoms. The molecule has 6 nitrogen and oxygen atoms in total. The summed E-state index contributed by atoms with van der Waals surface area (Å²) in [5.41, 5.74) is 0.407. The highest BCUT2D eigenvalue weighted by Crippen LogP contribution is 2.54. The minimum absolute atomic E-state index is 0.00329. The first-order chi connectivity index (χ1) is 13.6. The van der Waals surface area contributed by atoms with Crippen LogP contribution in [0.2, 0.25) is 0 Å². The van der Waals surface area contributed by atoms with Crippen molar-refractivity contribution in [2.75, 3.05) is 17.3 Å². The number of imide groups is 1. The second-order valence-electron chi connectivity index (χ2n) is 8.33. The Bertz CT molecular complexity index is 853. The summed E-state index contributed by atoms with van der Waals surface area (Å²) in [5, 5.41) is 6.44. The van der Waals surface area contributed by atoms with Gasteiger partial charge in [0.15, 0.2) is 0 Å². The van der Waals surface area contributed by atoms with Crippen molar-refractivity contribution in [1.82, 2.24) is 10.2 Å². The Kier molecular flexibility index (Phi) is 4.28. The van der Waals surface area contributed by atoms with Gasteiger partial charge in [0.25, 0.3) is 0 Å². The Hall–Kier alpha value is -1.86. The summed E-state index contributed by atoms with van der Waals surface area (Å²) in [4.78, 5) is 41.8. The van der Waals surface area contributed by atoms with Crippen LogP contribution in [0.4, 0.5) is 5.69 Å². The molecule has 4 atom stereocenters. The van der Waals surface area contributed by atoms with Gasteiger partial charge in [-0.1, -0.05) is 31.0 Å². The van der Waals surface area contributed by atoms with Crippen molar-refractivity contribution in [3.8, 4) is 0 Å². The fourth-order valence-electron chi connectivity index (χ4n) is 5.80. The number of thioether (sulfide) groups is 1. The van der Waals surface area contributed by atoms with Crippen molar-refractivity contribution in [3.63, 3.8) is 0 Å². The molecule has 2 N–H and O–H groups in total. The third-order valence-electron chi connectivity index (χ3n) is 6.98. The molecule has 28 heavy (non-hydrogen) atoms. The van der Waals surface area contributed by atoms with Crippen LogP contribution in [-0.4, -0.2) is 46.7 Å². The lowest BCUT2D eigenvalue weighted by Crippen LogP contribution is -2.54. The number of amides is 3. The van der Waals surface area contributed by atoms with Crippen molar-refractivity contribution in [2.45, 2.75) is 49.7 Å². The van der Waals surface area contributed by atoms with Crippen LogP contribution >= 0.6 is 11.8 Å². The van der Waals surface area contributed by atoms with Gasteiger partial charge in [-0.05, 0) is 37.3 Å². The molecule has 1 aromatic rings. The Morgan fingerprint density at radius 2 is 1.89 bits per heavy atom. The molecular weight excluding hydrogens is 374 g/mol. The maximum absolute atomic E-state index is 13.6. The maximum Gasteiger partial charge on any atom is 0.250 e. The normalized spacial score (nSPS) is 34.4. The van der Waals surface area contributed by atoms with E-state index in [1.54, 1.807) is 11.8 Å². The predicted octanol–water partition coefficient (Wildman–Crippen LogP) is 2.10. The summed E-state index contributed by atoms with van der Waals surface area (Å²) in [6, 6.07) is 7.37. The van der Waals surface area contributed by atoms with Crippen molar-refractivity contribution >= 4 is 35.2 Å². The topological polar surface area (TPSA) is 78.5 Å². The summed E-state index contributed by atoms with van der Waals surface area (Å²) in [6.07, 6.45) is 6.67. The van der Waals surface area contributed by atoms with Crippen LogP contribution in [0.15, 0.2) is 24.3 Å². The fraction of sp³-hybridized carbons (Fsp3) is 0.571. The number of carbonyl (C=O) groups is 3. The SMILES string of the molecule is CSCC[C@H]1N[C@]2(C(=O)Nc3ccccc32)[C@@H]2C(=O)N(C3CCCC3)C(=O)[C@H]21. The molecule has 148 valence electrons. The van der Waals surface area contributed by atoms with E-state index in [0.29, 0.717) is 0 Å². The van der Waals surface area contributed by atoms with E-state index in [2.05, 4.69) is 10.6 Å². The van der Waals surface area contributed by atoms with Crippen LogP contribution in [0.1, 0.15) is 37.7 Å². The first-order valence-corrected chi connectivity index (χ1v) is 11.5. The highest BCUT2D eigenvalue weighted by molar-refractivity contribution is 7.98. The van der Waals surface area contributed by atoms with E-state index in [1.807, 2.05) is 30.5 Å². The van der Waals surface area contributed by atoms with Crippen molar-refractivity contribution < 1.29 is 14.4 Å². The first-order valence-electron chi connectivity index (χ1n) is 10.1. The summed E-state index contributed by atoms with van der Waals surface area (Å²) in [7, 11) is 0. The summed E-state index contributed by atoms with van der Waals surface area (Å²) in [6.45, 7) is 0. The highest BCUT2D eigenvalue weighted by atomic mass is 32.2. The third kappa shape index (κ3) is 2.29. The number of benzene rings is 1. The molecule has 2 saturated heterocycles. The molecular formula is C21H25N3O3S. The molecule has 1 spiro atoms. The van der Waals surface area contributed by atoms with Crippen LogP contribution in [-0.2, 0) is 19.9 Å². The van der Waals surface area contributed by atoms with Crippen LogP contribution < -0.4 is 10.6 Å². The quantitative estimate of drug-likeness (QED) is 0.758. The van der Waals surface area contributed by atoms with Crippen LogP contribution in [0.3, 0.4) is 0 Å². The number of likely N-dealkylation sites (tertiary alicyclic amines) is 1. The van der Waals surface area contributed by atoms with E-state index < -0.39 is 17.4 Å². The van der Waals surface area contributed by atoms with Gasteiger partial charge in [0.2, 0.25) is 17.7 Å². The third-order valence-corrected chi connectivity index (χ3v) is 7.62. The van der Waals surface area contributed by atoms with E-state index in [0.717, 1.165) is 49.1 Å². The van der Waals surface area contributed by atoms with Crippen molar-refractivity contribution in [3.05, 3.63) is 29.8 Å². The summed E-state index contributed by atoms with van der Waals surface area (Å²) >= 11 is 1.72. The second kappa shape index (κ2) is 6.59. The van der Waals surface area contributed by atoms with Crippen LogP contribution in [0, 0.1) is 11.8 Å². The summed E-state index contributed by atoms with van der Waals surface area (Å²) in [5.74, 6) is -0.675. The number of nitrogens with zero attached hydrogens (tertiary/aromatic N) is 1. The average molecular weight is 400 g/mol. The van der Waals surface area contributed by atoms with Gasteiger partial charge < -0.3 is 5.32 Å². The monoisotopic (exact) mass is 399 g/mol. The van der Waals surface area contributed by atoms with E-state index in [4.69, 9.17) is 0 Å². The van der Waals surface area contributed by atoms with Gasteiger partial charge in [0, 0.05) is 23.3 Å². The molecule has 1 aliphatic carbocycles. The first kappa shape index (κ1) is 18.2. The molecule has 4 aliphatic rings. The predicted molar refractivity (Wildman–Crippen MR) is 108 cm³/mol. The molecule has 3 aliphatic heterocycles. The number of hydrogen-bond donors (Lipinski definition) is 2. The standard InChI is InChI=1S/C21H25N3O3S/c1-28-11-10-15-16-17(19(26)24(18(16)25)12-6-2-3-7-12)21(23-15)13-8-4-5-9-14(13)22-20(21)27/h4-5,8-9,12,15-17,23H,2-3,6-7,10-11H2,1H3,(H,22,27)/t15-,16+,17+,21+/m1/s1. The Morgan fingerprint density at radius 1 is 1.14 bits per heavy atom. The largest absolute Gasteiger partial charge is 0.324 e. The molecule has 5 rings (SSSR count). The van der Waals surface area contributed by atoms with Crippen molar-refractivity contribution in [2.24, 2.45) is 11.8 Å². The molecule has 0 bridgehead atoms. The molecule has 0 aromatic heterocycles. The van der Waals surface area contributed by atoms with Gasteiger partial charge in [-0.15, -0.1) is 0 Å². The van der Waals surface area contributed by atoms with Gasteiger partial charge in [0.1, 0.15) is 5.54 Å². The van der Waals surface area contributed by atoms with Gasteiger partial charge in [-0.3, -0.25) is 24.6 Å². The maximum atomic E-state index is 13.6. The van der Waals surface area contributed by atoms with Gasteiger partial charge in [-0.25, -0.2) is 0 Å². The van der Waals surface area contributed by atoms with E-state index >= 15 is 0 Å². The van der Waals surface area contributed by atoms with Crippen molar-refractivity contribution in [1.29, 1.82) is 0 Å². The molecule has 1 saturated carbocycles. The Labute approximate surface area is 168 Å². The Balaban J connectivity index is 1.61.